The third-order valence-corrected chi connectivity index (χ3v) is 19.8. The van der Waals surface area contributed by atoms with Crippen LogP contribution >= 0.6 is 11.8 Å². The SMILES string of the molecule is CCCCCCCCCCCCCCCCCCCCCCCCC(=O)N[C@@H](CO[C@H]1O[C@H](CNC(=O)CCCC[C@@H]2SC[C@@H]3NC(=O)N[C@@H]32)[C@@H]2OC(C)(C)O[C@@H]2[C@H]1OCc1ccc(OC)cc1)[C@H](O)[C@H](O)CCCCCCCCCCCCCC. The van der Waals surface area contributed by atoms with Crippen molar-refractivity contribution in [1.29, 1.82) is 0 Å². The summed E-state index contributed by atoms with van der Waals surface area (Å²) in [4.78, 5) is 39.1. The molecule has 0 saturated carbocycles. The first-order valence-electron chi connectivity index (χ1n) is 35.4. The van der Waals surface area contributed by atoms with Crippen molar-refractivity contribution in [3.8, 4) is 5.75 Å². The zero-order chi connectivity index (χ0) is 61.5. The minimum absolute atomic E-state index is 0.0977. The number of fused-ring (bicyclic) bond motifs is 2. The Morgan fingerprint density at radius 3 is 1.66 bits per heavy atom. The zero-order valence-corrected chi connectivity index (χ0v) is 55.6. The average Bonchev–Trinajstić information content (AvgIpc) is 1.77. The Bertz CT molecular complexity index is 1920. The first kappa shape index (κ1) is 74.0. The molecule has 16 heteroatoms. The molecule has 4 heterocycles. The predicted octanol–water partition coefficient (Wildman–Crippen LogP) is 15.0. The number of carbonyl (C=O) groups is 3. The molecule has 11 atom stereocenters. The van der Waals surface area contributed by atoms with E-state index in [4.69, 9.17) is 28.4 Å². The molecule has 0 spiro atoms. The Labute approximate surface area is 526 Å². The van der Waals surface area contributed by atoms with Gasteiger partial charge < -0.3 is 59.9 Å². The van der Waals surface area contributed by atoms with Gasteiger partial charge in [-0.05, 0) is 57.2 Å². The molecule has 0 aliphatic carbocycles. The quantitative estimate of drug-likeness (QED) is 0.0267. The van der Waals surface area contributed by atoms with Crippen molar-refractivity contribution < 1.29 is 53.0 Å². The molecule has 4 fully saturated rings. The van der Waals surface area contributed by atoms with Crippen molar-refractivity contribution >= 4 is 29.6 Å². The van der Waals surface area contributed by atoms with Gasteiger partial charge in [0, 0.05) is 30.4 Å². The maximum absolute atomic E-state index is 13.8. The second-order valence-corrected chi connectivity index (χ2v) is 27.6. The maximum Gasteiger partial charge on any atom is 0.315 e. The van der Waals surface area contributed by atoms with Gasteiger partial charge in [-0.25, -0.2) is 4.79 Å². The van der Waals surface area contributed by atoms with Gasteiger partial charge in [-0.3, -0.25) is 9.59 Å². The van der Waals surface area contributed by atoms with Crippen LogP contribution in [-0.4, -0.2) is 126 Å². The second kappa shape index (κ2) is 44.7. The fourth-order valence-electron chi connectivity index (χ4n) is 13.0. The molecule has 15 nitrogen and oxygen atoms in total. The molecule has 0 aromatic heterocycles. The summed E-state index contributed by atoms with van der Waals surface area (Å²) in [5.41, 5.74) is 0.890. The first-order valence-corrected chi connectivity index (χ1v) is 36.4. The molecule has 0 bridgehead atoms. The van der Waals surface area contributed by atoms with Gasteiger partial charge in [0.25, 0.3) is 0 Å². The topological polar surface area (TPSA) is 195 Å². The van der Waals surface area contributed by atoms with E-state index in [-0.39, 0.29) is 49.7 Å². The number of carbonyl (C=O) groups excluding carboxylic acids is 3. The molecule has 4 aliphatic heterocycles. The van der Waals surface area contributed by atoms with E-state index in [9.17, 15) is 24.6 Å². The molecule has 5 rings (SSSR count). The number of ether oxygens (including phenoxy) is 6. The van der Waals surface area contributed by atoms with Crippen LogP contribution in [0.4, 0.5) is 4.79 Å². The standard InChI is InChI=1S/C70H124N4O11S/c1-6-8-10-12-14-16-18-20-21-22-23-24-25-26-27-28-29-31-33-35-37-39-45-62(77)72-56(64(78)58(75)42-38-36-34-32-30-19-17-15-13-11-9-7-2)52-82-68-67(81-51-54-46-48-55(80-5)49-47-54)66-65(84-70(3,4)85-66)59(83-68)50-71-61(76)44-41-40-43-60-63-57(53-86-60)73-69(79)74-63/h46-49,56-60,63-68,75,78H,6-45,50-53H2,1-5H3,(H,71,76)(H,72,77)(H2,73,74,79)/t56-,57-,58+,59+,60-,63-,64-,65-,66-,67+,68-/m0/s1. The molecule has 1 aromatic rings. The van der Waals surface area contributed by atoms with Crippen LogP contribution in [0.1, 0.15) is 290 Å². The Hall–Kier alpha value is -2.70. The van der Waals surface area contributed by atoms with Gasteiger partial charge in [0.05, 0.1) is 44.6 Å². The molecule has 4 saturated heterocycles. The molecule has 4 amide bonds. The normalized spacial score (nSPS) is 23.3. The summed E-state index contributed by atoms with van der Waals surface area (Å²) in [6, 6.07) is 6.87. The van der Waals surface area contributed by atoms with Gasteiger partial charge >= 0.3 is 6.03 Å². The lowest BCUT2D eigenvalue weighted by Crippen LogP contribution is -2.61. The van der Waals surface area contributed by atoms with Gasteiger partial charge in [0.2, 0.25) is 11.8 Å². The van der Waals surface area contributed by atoms with Crippen LogP contribution in [0.2, 0.25) is 0 Å². The first-order chi connectivity index (χ1) is 41.9. The van der Waals surface area contributed by atoms with Gasteiger partial charge in [-0.2, -0.15) is 11.8 Å². The van der Waals surface area contributed by atoms with Crippen LogP contribution < -0.4 is 26.0 Å². The van der Waals surface area contributed by atoms with Crippen molar-refractivity contribution in [2.24, 2.45) is 0 Å². The van der Waals surface area contributed by atoms with E-state index in [1.807, 2.05) is 49.9 Å². The van der Waals surface area contributed by atoms with Crippen LogP contribution in [0.25, 0.3) is 0 Å². The number of aliphatic hydroxyl groups is 2. The van der Waals surface area contributed by atoms with E-state index in [2.05, 4.69) is 35.1 Å². The fraction of sp³-hybridized carbons (Fsp3) is 0.871. The van der Waals surface area contributed by atoms with Crippen molar-refractivity contribution in [3.63, 3.8) is 0 Å². The number of rotatable bonds is 53. The number of hydrogen-bond acceptors (Lipinski definition) is 12. The van der Waals surface area contributed by atoms with Crippen molar-refractivity contribution in [2.45, 2.75) is 363 Å². The number of hydrogen-bond donors (Lipinski definition) is 6. The highest BCUT2D eigenvalue weighted by molar-refractivity contribution is 8.00. The van der Waals surface area contributed by atoms with Crippen LogP contribution in [0.3, 0.4) is 0 Å². The largest absolute Gasteiger partial charge is 0.497 e. The third-order valence-electron chi connectivity index (χ3n) is 18.3. The van der Waals surface area contributed by atoms with E-state index < -0.39 is 54.7 Å². The van der Waals surface area contributed by atoms with Crippen molar-refractivity contribution in [2.75, 3.05) is 26.0 Å². The molecule has 4 aliphatic rings. The highest BCUT2D eigenvalue weighted by atomic mass is 32.2. The number of benzene rings is 1. The van der Waals surface area contributed by atoms with E-state index in [1.54, 1.807) is 7.11 Å². The van der Waals surface area contributed by atoms with Gasteiger partial charge in [0.15, 0.2) is 12.1 Å². The Kier molecular flexibility index (Phi) is 38.5. The highest BCUT2D eigenvalue weighted by Gasteiger charge is 2.56. The lowest BCUT2D eigenvalue weighted by Gasteiger charge is -2.42. The molecule has 86 heavy (non-hydrogen) atoms. The smallest absolute Gasteiger partial charge is 0.315 e. The van der Waals surface area contributed by atoms with Crippen molar-refractivity contribution in [1.82, 2.24) is 21.3 Å². The van der Waals surface area contributed by atoms with Crippen LogP contribution in [0, 0.1) is 0 Å². The molecule has 0 radical (unpaired) electrons. The van der Waals surface area contributed by atoms with Crippen LogP contribution in [0.15, 0.2) is 24.3 Å². The number of unbranched alkanes of at least 4 members (excludes halogenated alkanes) is 33. The average molecular weight is 1230 g/mol. The third kappa shape index (κ3) is 30.0. The lowest BCUT2D eigenvalue weighted by molar-refractivity contribution is -0.291. The number of thioether (sulfide) groups is 1. The number of methoxy groups -OCH3 is 1. The minimum atomic E-state index is -1.30. The summed E-state index contributed by atoms with van der Waals surface area (Å²) in [7, 11) is 1.63. The lowest BCUT2D eigenvalue weighted by atomic mass is 9.97. The molecule has 496 valence electrons. The summed E-state index contributed by atoms with van der Waals surface area (Å²) in [5.74, 6) is 0.324. The molecular formula is C70H124N4O11S. The second-order valence-electron chi connectivity index (χ2n) is 26.3. The summed E-state index contributed by atoms with van der Waals surface area (Å²) in [6.45, 7) is 8.38. The fourth-order valence-corrected chi connectivity index (χ4v) is 14.6. The van der Waals surface area contributed by atoms with E-state index in [0.29, 0.717) is 30.9 Å². The molecule has 6 N–H and O–H groups in total. The minimum Gasteiger partial charge on any atom is -0.497 e. The molecule has 1 aromatic carbocycles. The Morgan fingerprint density at radius 2 is 1.13 bits per heavy atom. The monoisotopic (exact) mass is 1230 g/mol. The Balaban J connectivity index is 1.11. The zero-order valence-electron chi connectivity index (χ0n) is 54.7. The van der Waals surface area contributed by atoms with Gasteiger partial charge in [-0.1, -0.05) is 244 Å². The maximum atomic E-state index is 13.8. The van der Waals surface area contributed by atoms with Crippen LogP contribution in [-0.2, 0) is 39.9 Å². The Morgan fingerprint density at radius 1 is 0.640 bits per heavy atom. The summed E-state index contributed by atoms with van der Waals surface area (Å²) in [5, 5.41) is 36.0. The number of aliphatic hydroxyl groups excluding tert-OH is 2. The summed E-state index contributed by atoms with van der Waals surface area (Å²) in [6.07, 6.45) is 40.4. The van der Waals surface area contributed by atoms with Crippen molar-refractivity contribution in [3.05, 3.63) is 29.8 Å². The number of urea groups is 1. The number of amides is 4. The predicted molar refractivity (Wildman–Crippen MR) is 348 cm³/mol. The van der Waals surface area contributed by atoms with E-state index in [0.717, 1.165) is 68.4 Å². The van der Waals surface area contributed by atoms with Gasteiger partial charge in [-0.15, -0.1) is 0 Å². The van der Waals surface area contributed by atoms with E-state index >= 15 is 0 Å². The summed E-state index contributed by atoms with van der Waals surface area (Å²) < 4.78 is 38.6. The summed E-state index contributed by atoms with van der Waals surface area (Å²) >= 11 is 1.87. The van der Waals surface area contributed by atoms with Gasteiger partial charge in [0.1, 0.15) is 36.3 Å². The molecular weight excluding hydrogens is 1100 g/mol. The number of nitrogens with one attached hydrogen (secondary N) is 4. The highest BCUT2D eigenvalue weighted by Crippen LogP contribution is 2.40. The van der Waals surface area contributed by atoms with Crippen LogP contribution in [0.5, 0.6) is 5.75 Å². The molecule has 0 unspecified atom stereocenters. The van der Waals surface area contributed by atoms with E-state index in [1.165, 1.54) is 180 Å².